The van der Waals surface area contributed by atoms with Crippen molar-refractivity contribution in [1.82, 2.24) is 9.97 Å². The molecule has 4 nitrogen and oxygen atoms in total. The Kier molecular flexibility index (Phi) is 5.64. The molecular formula is C18H22N2O2. The molecular weight excluding hydrogens is 276 g/mol. The smallest absolute Gasteiger partial charge is 0.302 e. The molecule has 0 aliphatic rings. The zero-order valence-corrected chi connectivity index (χ0v) is 13.4. The molecule has 1 atom stereocenters. The van der Waals surface area contributed by atoms with Gasteiger partial charge in [0.15, 0.2) is 5.82 Å². The highest BCUT2D eigenvalue weighted by atomic mass is 16.5. The van der Waals surface area contributed by atoms with Gasteiger partial charge in [0.2, 0.25) is 0 Å². The van der Waals surface area contributed by atoms with Gasteiger partial charge in [0.25, 0.3) is 0 Å². The monoisotopic (exact) mass is 298 g/mol. The van der Waals surface area contributed by atoms with E-state index in [4.69, 9.17) is 4.74 Å². The summed E-state index contributed by atoms with van der Waals surface area (Å²) in [7, 11) is 0. The standard InChI is InChI=1S/C18H22N2O2/c1-4-5-16-11-19-18(20-12-16)17-8-6-15(7-9-17)10-13(2)22-14(3)21/h6-9,11-13H,4-5,10H2,1-3H3. The Hall–Kier alpha value is -2.23. The maximum Gasteiger partial charge on any atom is 0.302 e. The highest BCUT2D eigenvalue weighted by molar-refractivity contribution is 5.66. The fraction of sp³-hybridized carbons (Fsp3) is 0.389. The summed E-state index contributed by atoms with van der Waals surface area (Å²) in [5.74, 6) is 0.490. The summed E-state index contributed by atoms with van der Waals surface area (Å²) >= 11 is 0. The van der Waals surface area contributed by atoms with Crippen molar-refractivity contribution in [2.45, 2.75) is 46.1 Å². The SMILES string of the molecule is CCCc1cnc(-c2ccc(CC(C)OC(C)=O)cc2)nc1. The molecule has 4 heteroatoms. The Morgan fingerprint density at radius 2 is 1.77 bits per heavy atom. The number of carbonyl (C=O) groups excluding carboxylic acids is 1. The van der Waals surface area contributed by atoms with Gasteiger partial charge in [0, 0.05) is 31.3 Å². The maximum absolute atomic E-state index is 10.9. The van der Waals surface area contributed by atoms with Crippen LogP contribution in [0, 0.1) is 0 Å². The lowest BCUT2D eigenvalue weighted by molar-refractivity contribution is -0.145. The van der Waals surface area contributed by atoms with Gasteiger partial charge in [-0.1, -0.05) is 37.6 Å². The van der Waals surface area contributed by atoms with Crippen molar-refractivity contribution in [3.63, 3.8) is 0 Å². The lowest BCUT2D eigenvalue weighted by Crippen LogP contribution is -2.14. The lowest BCUT2D eigenvalue weighted by Gasteiger charge is -2.12. The van der Waals surface area contributed by atoms with Gasteiger partial charge in [-0.3, -0.25) is 4.79 Å². The van der Waals surface area contributed by atoms with Gasteiger partial charge in [0.05, 0.1) is 0 Å². The largest absolute Gasteiger partial charge is 0.463 e. The molecule has 22 heavy (non-hydrogen) atoms. The lowest BCUT2D eigenvalue weighted by atomic mass is 10.1. The van der Waals surface area contributed by atoms with Crippen LogP contribution in [-0.4, -0.2) is 22.0 Å². The minimum atomic E-state index is -0.246. The molecule has 116 valence electrons. The zero-order chi connectivity index (χ0) is 15.9. The highest BCUT2D eigenvalue weighted by Gasteiger charge is 2.07. The quantitative estimate of drug-likeness (QED) is 0.765. The van der Waals surface area contributed by atoms with Crippen LogP contribution in [0.1, 0.15) is 38.3 Å². The fourth-order valence-corrected chi connectivity index (χ4v) is 2.37. The molecule has 2 aromatic rings. The average Bonchev–Trinajstić information content (AvgIpc) is 2.48. The van der Waals surface area contributed by atoms with Crippen molar-refractivity contribution >= 4 is 5.97 Å². The number of ether oxygens (including phenoxy) is 1. The normalized spacial score (nSPS) is 12.0. The molecule has 1 unspecified atom stereocenters. The molecule has 1 aromatic carbocycles. The molecule has 0 saturated carbocycles. The van der Waals surface area contributed by atoms with Crippen LogP contribution in [0.2, 0.25) is 0 Å². The molecule has 0 aliphatic carbocycles. The topological polar surface area (TPSA) is 52.1 Å². The fourth-order valence-electron chi connectivity index (χ4n) is 2.37. The first-order valence-corrected chi connectivity index (χ1v) is 7.66. The Bertz CT molecular complexity index is 606. The third kappa shape index (κ3) is 4.65. The van der Waals surface area contributed by atoms with E-state index in [1.807, 2.05) is 43.6 Å². The highest BCUT2D eigenvalue weighted by Crippen LogP contribution is 2.17. The summed E-state index contributed by atoms with van der Waals surface area (Å²) in [6, 6.07) is 8.06. The van der Waals surface area contributed by atoms with E-state index in [2.05, 4.69) is 16.9 Å². The third-order valence-electron chi connectivity index (χ3n) is 3.35. The first kappa shape index (κ1) is 16.1. The predicted molar refractivity (Wildman–Crippen MR) is 86.4 cm³/mol. The number of nitrogens with zero attached hydrogens (tertiary/aromatic N) is 2. The second-order valence-electron chi connectivity index (χ2n) is 5.49. The van der Waals surface area contributed by atoms with Crippen molar-refractivity contribution in [2.75, 3.05) is 0 Å². The van der Waals surface area contributed by atoms with E-state index in [1.54, 1.807) is 0 Å². The summed E-state index contributed by atoms with van der Waals surface area (Å²) in [5.41, 5.74) is 3.28. The van der Waals surface area contributed by atoms with E-state index in [1.165, 1.54) is 6.92 Å². The minimum Gasteiger partial charge on any atom is -0.463 e. The maximum atomic E-state index is 10.9. The van der Waals surface area contributed by atoms with Crippen LogP contribution in [0.3, 0.4) is 0 Å². The molecule has 0 aliphatic heterocycles. The second kappa shape index (κ2) is 7.69. The number of benzene rings is 1. The Morgan fingerprint density at radius 3 is 2.32 bits per heavy atom. The van der Waals surface area contributed by atoms with Crippen LogP contribution in [0.15, 0.2) is 36.7 Å². The van der Waals surface area contributed by atoms with Gasteiger partial charge in [-0.05, 0) is 24.5 Å². The van der Waals surface area contributed by atoms with Crippen molar-refractivity contribution in [2.24, 2.45) is 0 Å². The molecule has 2 rings (SSSR count). The van der Waals surface area contributed by atoms with Gasteiger partial charge in [0.1, 0.15) is 6.10 Å². The van der Waals surface area contributed by atoms with E-state index in [0.29, 0.717) is 6.42 Å². The van der Waals surface area contributed by atoms with Gasteiger partial charge >= 0.3 is 5.97 Å². The van der Waals surface area contributed by atoms with E-state index in [-0.39, 0.29) is 12.1 Å². The van der Waals surface area contributed by atoms with Crippen LogP contribution < -0.4 is 0 Å². The Labute approximate surface area is 131 Å². The number of hydrogen-bond acceptors (Lipinski definition) is 4. The van der Waals surface area contributed by atoms with Crippen molar-refractivity contribution in [3.05, 3.63) is 47.8 Å². The van der Waals surface area contributed by atoms with E-state index in [0.717, 1.165) is 35.4 Å². The molecule has 0 bridgehead atoms. The van der Waals surface area contributed by atoms with E-state index >= 15 is 0 Å². The Balaban J connectivity index is 2.03. The molecule has 0 amide bonds. The number of aromatic nitrogens is 2. The molecule has 1 heterocycles. The van der Waals surface area contributed by atoms with Crippen molar-refractivity contribution < 1.29 is 9.53 Å². The molecule has 0 fully saturated rings. The molecule has 0 saturated heterocycles. The van der Waals surface area contributed by atoms with E-state index in [9.17, 15) is 4.79 Å². The van der Waals surface area contributed by atoms with Crippen molar-refractivity contribution in [1.29, 1.82) is 0 Å². The van der Waals surface area contributed by atoms with Gasteiger partial charge in [-0.15, -0.1) is 0 Å². The first-order chi connectivity index (χ1) is 10.6. The summed E-state index contributed by atoms with van der Waals surface area (Å²) in [5, 5.41) is 0. The summed E-state index contributed by atoms with van der Waals surface area (Å²) in [6.07, 6.45) is 6.47. The van der Waals surface area contributed by atoms with Crippen molar-refractivity contribution in [3.8, 4) is 11.4 Å². The van der Waals surface area contributed by atoms with Crippen LogP contribution in [0.4, 0.5) is 0 Å². The first-order valence-electron chi connectivity index (χ1n) is 7.66. The zero-order valence-electron chi connectivity index (χ0n) is 13.4. The number of carbonyl (C=O) groups is 1. The van der Waals surface area contributed by atoms with Gasteiger partial charge in [-0.25, -0.2) is 9.97 Å². The van der Waals surface area contributed by atoms with Crippen LogP contribution in [0.5, 0.6) is 0 Å². The summed E-state index contributed by atoms with van der Waals surface area (Å²) in [6.45, 7) is 5.47. The Morgan fingerprint density at radius 1 is 1.14 bits per heavy atom. The summed E-state index contributed by atoms with van der Waals surface area (Å²) in [4.78, 5) is 19.8. The van der Waals surface area contributed by atoms with E-state index < -0.39 is 0 Å². The van der Waals surface area contributed by atoms with Crippen LogP contribution >= 0.6 is 0 Å². The summed E-state index contributed by atoms with van der Waals surface area (Å²) < 4.78 is 5.14. The van der Waals surface area contributed by atoms with Crippen LogP contribution in [-0.2, 0) is 22.4 Å². The predicted octanol–water partition coefficient (Wildman–Crippen LogP) is 3.59. The average molecular weight is 298 g/mol. The number of hydrogen-bond donors (Lipinski definition) is 0. The number of aryl methyl sites for hydroxylation is 1. The number of esters is 1. The minimum absolute atomic E-state index is 0.118. The van der Waals surface area contributed by atoms with Gasteiger partial charge in [-0.2, -0.15) is 0 Å². The molecule has 1 aromatic heterocycles. The van der Waals surface area contributed by atoms with Crippen LogP contribution in [0.25, 0.3) is 11.4 Å². The van der Waals surface area contributed by atoms with Gasteiger partial charge < -0.3 is 4.74 Å². The number of rotatable bonds is 6. The molecule has 0 spiro atoms. The molecule has 0 radical (unpaired) electrons. The third-order valence-corrected chi connectivity index (χ3v) is 3.35. The second-order valence-corrected chi connectivity index (χ2v) is 5.49. The molecule has 0 N–H and O–H groups in total.